The summed E-state index contributed by atoms with van der Waals surface area (Å²) in [5.41, 5.74) is 0.922. The normalized spacial score (nSPS) is 13.8. The molecule has 30 heavy (non-hydrogen) atoms. The number of anilines is 3. The number of hydrogen-bond donors (Lipinski definition) is 2. The molecule has 9 nitrogen and oxygen atoms in total. The van der Waals surface area contributed by atoms with Crippen molar-refractivity contribution < 1.29 is 18.1 Å². The Morgan fingerprint density at radius 2 is 1.80 bits per heavy atom. The third kappa shape index (κ3) is 4.77. The average Bonchev–Trinajstić information content (AvgIpc) is 3.54. The first kappa shape index (κ1) is 21.7. The summed E-state index contributed by atoms with van der Waals surface area (Å²) in [4.78, 5) is 22.8. The molecule has 0 bridgehead atoms. The number of sulfonamides is 1. The summed E-state index contributed by atoms with van der Waals surface area (Å²) >= 11 is 0. The van der Waals surface area contributed by atoms with Crippen LogP contribution in [-0.4, -0.2) is 36.6 Å². The van der Waals surface area contributed by atoms with E-state index in [1.165, 1.54) is 16.4 Å². The van der Waals surface area contributed by atoms with Crippen LogP contribution in [0, 0.1) is 16.0 Å². The summed E-state index contributed by atoms with van der Waals surface area (Å²) in [6, 6.07) is 10.6. The van der Waals surface area contributed by atoms with Crippen molar-refractivity contribution in [3.63, 3.8) is 0 Å². The first-order valence-corrected chi connectivity index (χ1v) is 11.2. The van der Waals surface area contributed by atoms with Crippen LogP contribution < -0.4 is 10.6 Å². The molecule has 1 saturated carbocycles. The van der Waals surface area contributed by atoms with Crippen molar-refractivity contribution in [3.05, 3.63) is 52.6 Å². The van der Waals surface area contributed by atoms with E-state index in [-0.39, 0.29) is 41.2 Å². The number of benzene rings is 2. The lowest BCUT2D eigenvalue weighted by Crippen LogP contribution is -2.30. The van der Waals surface area contributed by atoms with Crippen LogP contribution in [0.3, 0.4) is 0 Å². The number of rotatable bonds is 9. The minimum atomic E-state index is -3.82. The number of nitrogens with zero attached hydrogens (tertiary/aromatic N) is 2. The third-order valence-corrected chi connectivity index (χ3v) is 6.91. The monoisotopic (exact) mass is 432 g/mol. The van der Waals surface area contributed by atoms with Gasteiger partial charge in [0.05, 0.1) is 9.82 Å². The Morgan fingerprint density at radius 1 is 1.13 bits per heavy atom. The lowest BCUT2D eigenvalue weighted by atomic mass is 10.2. The Kier molecular flexibility index (Phi) is 6.37. The molecule has 1 aliphatic rings. The molecule has 0 saturated heterocycles. The Bertz CT molecular complexity index is 1060. The van der Waals surface area contributed by atoms with Gasteiger partial charge in [-0.05, 0) is 43.2 Å². The summed E-state index contributed by atoms with van der Waals surface area (Å²) in [5, 5.41) is 17.4. The van der Waals surface area contributed by atoms with Gasteiger partial charge in [-0.3, -0.25) is 14.9 Å². The van der Waals surface area contributed by atoms with Gasteiger partial charge in [0.1, 0.15) is 5.69 Å². The highest BCUT2D eigenvalue weighted by atomic mass is 32.2. The number of amides is 1. The standard InChI is InChI=1S/C20H24N4O5S/c1-3-23(4-2)30(28,29)17-10-11-18(19(13-17)24(26)27)21-15-6-5-7-16(12-15)22-20(25)14-8-9-14/h5-7,10-14,21H,3-4,8-9H2,1-2H3,(H,22,25). The Morgan fingerprint density at radius 3 is 2.40 bits per heavy atom. The zero-order valence-corrected chi connectivity index (χ0v) is 17.6. The average molecular weight is 433 g/mol. The predicted octanol–water partition coefficient (Wildman–Crippen LogP) is 3.72. The molecule has 1 amide bonds. The summed E-state index contributed by atoms with van der Waals surface area (Å²) in [5.74, 6) is 0.0205. The molecule has 0 aliphatic heterocycles. The maximum Gasteiger partial charge on any atom is 0.294 e. The lowest BCUT2D eigenvalue weighted by Gasteiger charge is -2.18. The molecule has 0 aromatic heterocycles. The first-order valence-electron chi connectivity index (χ1n) is 9.72. The molecule has 2 aromatic carbocycles. The van der Waals surface area contributed by atoms with Gasteiger partial charge in [-0.25, -0.2) is 8.42 Å². The van der Waals surface area contributed by atoms with E-state index in [4.69, 9.17) is 0 Å². The quantitative estimate of drug-likeness (QED) is 0.460. The van der Waals surface area contributed by atoms with Crippen LogP contribution in [0.25, 0.3) is 0 Å². The molecule has 0 unspecified atom stereocenters. The maximum absolute atomic E-state index is 12.7. The number of nitro groups is 1. The van der Waals surface area contributed by atoms with E-state index in [2.05, 4.69) is 10.6 Å². The van der Waals surface area contributed by atoms with E-state index in [0.29, 0.717) is 11.4 Å². The van der Waals surface area contributed by atoms with Crippen molar-refractivity contribution in [1.82, 2.24) is 4.31 Å². The lowest BCUT2D eigenvalue weighted by molar-refractivity contribution is -0.384. The first-order chi connectivity index (χ1) is 14.3. The predicted molar refractivity (Wildman–Crippen MR) is 114 cm³/mol. The van der Waals surface area contributed by atoms with Crippen molar-refractivity contribution in [2.75, 3.05) is 23.7 Å². The van der Waals surface area contributed by atoms with Crippen molar-refractivity contribution in [1.29, 1.82) is 0 Å². The van der Waals surface area contributed by atoms with Gasteiger partial charge in [-0.1, -0.05) is 19.9 Å². The molecule has 2 aromatic rings. The van der Waals surface area contributed by atoms with E-state index >= 15 is 0 Å². The molecule has 1 fully saturated rings. The molecule has 0 radical (unpaired) electrons. The molecule has 160 valence electrons. The minimum Gasteiger partial charge on any atom is -0.350 e. The van der Waals surface area contributed by atoms with E-state index in [0.717, 1.165) is 18.9 Å². The van der Waals surface area contributed by atoms with Crippen LogP contribution in [0.15, 0.2) is 47.4 Å². The molecular formula is C20H24N4O5S. The summed E-state index contributed by atoms with van der Waals surface area (Å²) in [7, 11) is -3.82. The second-order valence-corrected chi connectivity index (χ2v) is 8.93. The molecule has 0 heterocycles. The fraction of sp³-hybridized carbons (Fsp3) is 0.350. The summed E-state index contributed by atoms with van der Waals surface area (Å²) in [6.07, 6.45) is 1.78. The Labute approximate surface area is 175 Å². The van der Waals surface area contributed by atoms with Crippen LogP contribution >= 0.6 is 0 Å². The Hall–Kier alpha value is -2.98. The largest absolute Gasteiger partial charge is 0.350 e. The molecule has 1 aliphatic carbocycles. The SMILES string of the molecule is CCN(CC)S(=O)(=O)c1ccc(Nc2cccc(NC(=O)C3CC3)c2)c([N+](=O)[O-])c1. The number of carbonyl (C=O) groups excluding carboxylic acids is 1. The van der Waals surface area contributed by atoms with E-state index in [9.17, 15) is 23.3 Å². The molecule has 3 rings (SSSR count). The molecule has 0 atom stereocenters. The molecule has 2 N–H and O–H groups in total. The van der Waals surface area contributed by atoms with Gasteiger partial charge in [0.15, 0.2) is 0 Å². The van der Waals surface area contributed by atoms with Gasteiger partial charge in [-0.2, -0.15) is 4.31 Å². The highest BCUT2D eigenvalue weighted by Crippen LogP contribution is 2.33. The van der Waals surface area contributed by atoms with Crippen LogP contribution in [-0.2, 0) is 14.8 Å². The number of hydrogen-bond acceptors (Lipinski definition) is 6. The smallest absolute Gasteiger partial charge is 0.294 e. The topological polar surface area (TPSA) is 122 Å². The van der Waals surface area contributed by atoms with Crippen molar-refractivity contribution in [2.45, 2.75) is 31.6 Å². The number of nitrogens with one attached hydrogen (secondary N) is 2. The van der Waals surface area contributed by atoms with Crippen molar-refractivity contribution in [3.8, 4) is 0 Å². The van der Waals surface area contributed by atoms with Crippen LogP contribution in [0.5, 0.6) is 0 Å². The van der Waals surface area contributed by atoms with E-state index in [1.807, 2.05) is 0 Å². The minimum absolute atomic E-state index is 0.0379. The number of carbonyl (C=O) groups is 1. The highest BCUT2D eigenvalue weighted by Gasteiger charge is 2.29. The summed E-state index contributed by atoms with van der Waals surface area (Å²) in [6.45, 7) is 3.96. The van der Waals surface area contributed by atoms with Crippen molar-refractivity contribution >= 4 is 38.7 Å². The van der Waals surface area contributed by atoms with Gasteiger partial charge in [0.25, 0.3) is 5.69 Å². The third-order valence-electron chi connectivity index (χ3n) is 4.87. The van der Waals surface area contributed by atoms with E-state index in [1.54, 1.807) is 38.1 Å². The molecule has 0 spiro atoms. The van der Waals surface area contributed by atoms with Crippen LogP contribution in [0.1, 0.15) is 26.7 Å². The zero-order valence-electron chi connectivity index (χ0n) is 16.8. The highest BCUT2D eigenvalue weighted by molar-refractivity contribution is 7.89. The summed E-state index contributed by atoms with van der Waals surface area (Å²) < 4.78 is 26.6. The van der Waals surface area contributed by atoms with Gasteiger partial charge in [0, 0.05) is 36.4 Å². The fourth-order valence-electron chi connectivity index (χ4n) is 3.06. The van der Waals surface area contributed by atoms with Gasteiger partial charge in [-0.15, -0.1) is 0 Å². The second-order valence-electron chi connectivity index (χ2n) is 6.99. The molecular weight excluding hydrogens is 408 g/mol. The zero-order chi connectivity index (χ0) is 21.9. The van der Waals surface area contributed by atoms with Gasteiger partial charge >= 0.3 is 0 Å². The van der Waals surface area contributed by atoms with E-state index < -0.39 is 14.9 Å². The van der Waals surface area contributed by atoms with Gasteiger partial charge in [0.2, 0.25) is 15.9 Å². The Balaban J connectivity index is 1.87. The molecule has 10 heteroatoms. The number of nitro benzene ring substituents is 1. The van der Waals surface area contributed by atoms with Gasteiger partial charge < -0.3 is 10.6 Å². The van der Waals surface area contributed by atoms with Crippen LogP contribution in [0.4, 0.5) is 22.7 Å². The fourth-order valence-corrected chi connectivity index (χ4v) is 4.54. The van der Waals surface area contributed by atoms with Crippen molar-refractivity contribution in [2.24, 2.45) is 5.92 Å². The van der Waals surface area contributed by atoms with Crippen LogP contribution in [0.2, 0.25) is 0 Å². The maximum atomic E-state index is 12.7. The second kappa shape index (κ2) is 8.80.